The van der Waals surface area contributed by atoms with Gasteiger partial charge in [-0.2, -0.15) is 18.0 Å². The minimum Gasteiger partial charge on any atom is -0.412 e. The molecule has 9 heteroatoms. The molecule has 0 saturated carbocycles. The molecule has 154 valence electrons. The fraction of sp³-hybridized carbons (Fsp3) is 0.632. The predicted molar refractivity (Wildman–Crippen MR) is 114 cm³/mol. The molecular formula is C19H28ClN3O3SSi. The van der Waals surface area contributed by atoms with E-state index in [4.69, 9.17) is 21.3 Å². The van der Waals surface area contributed by atoms with E-state index in [9.17, 15) is 8.42 Å². The number of hydrogen-bond acceptors (Lipinski definition) is 4. The molecule has 0 bridgehead atoms. The standard InChI is InChI=1S/C19H28ClN3O3SSi/c1-13-15(8-7-14(11-21)18(13)20)23-12-16-17(9-10-22(16)27(23,24)25)26-28(5,6)19(2,3)4/h7-8,16-17H,9-10,12H2,1-6H3. The van der Waals surface area contributed by atoms with Gasteiger partial charge in [-0.25, -0.2) is 0 Å². The predicted octanol–water partition coefficient (Wildman–Crippen LogP) is 4.05. The third-order valence-corrected chi connectivity index (χ3v) is 13.3. The average molecular weight is 442 g/mol. The maximum Gasteiger partial charge on any atom is 0.304 e. The molecular weight excluding hydrogens is 414 g/mol. The third-order valence-electron chi connectivity index (χ3n) is 6.36. The van der Waals surface area contributed by atoms with Gasteiger partial charge in [0.05, 0.1) is 35.0 Å². The Hall–Kier alpha value is -1.11. The van der Waals surface area contributed by atoms with E-state index in [1.165, 1.54) is 4.31 Å². The third kappa shape index (κ3) is 3.37. The van der Waals surface area contributed by atoms with Gasteiger partial charge in [0.15, 0.2) is 8.32 Å². The molecule has 2 aliphatic rings. The molecule has 2 fully saturated rings. The summed E-state index contributed by atoms with van der Waals surface area (Å²) in [4.78, 5) is 0. The van der Waals surface area contributed by atoms with Gasteiger partial charge in [-0.3, -0.25) is 4.31 Å². The number of nitriles is 1. The van der Waals surface area contributed by atoms with Crippen LogP contribution in [0, 0.1) is 18.3 Å². The van der Waals surface area contributed by atoms with E-state index in [1.54, 1.807) is 23.4 Å². The zero-order valence-corrected chi connectivity index (χ0v) is 19.9. The van der Waals surface area contributed by atoms with Gasteiger partial charge in [0.1, 0.15) is 6.07 Å². The van der Waals surface area contributed by atoms with E-state index < -0.39 is 18.5 Å². The Morgan fingerprint density at radius 2 is 1.96 bits per heavy atom. The van der Waals surface area contributed by atoms with Crippen molar-refractivity contribution in [3.05, 3.63) is 28.3 Å². The van der Waals surface area contributed by atoms with Crippen LogP contribution in [0.25, 0.3) is 0 Å². The summed E-state index contributed by atoms with van der Waals surface area (Å²) in [5.74, 6) is 0. The summed E-state index contributed by atoms with van der Waals surface area (Å²) >= 11 is 6.28. The number of nitrogens with zero attached hydrogens (tertiary/aromatic N) is 3. The fourth-order valence-electron chi connectivity index (χ4n) is 3.63. The molecule has 28 heavy (non-hydrogen) atoms. The van der Waals surface area contributed by atoms with Gasteiger partial charge >= 0.3 is 10.2 Å². The molecule has 2 aliphatic heterocycles. The van der Waals surface area contributed by atoms with E-state index in [-0.39, 0.29) is 17.2 Å². The Kier molecular flexibility index (Phi) is 5.39. The highest BCUT2D eigenvalue weighted by atomic mass is 35.5. The summed E-state index contributed by atoms with van der Waals surface area (Å²) in [6.07, 6.45) is 0.618. The van der Waals surface area contributed by atoms with Crippen LogP contribution in [0.15, 0.2) is 12.1 Å². The quantitative estimate of drug-likeness (QED) is 0.663. The molecule has 2 unspecified atom stereocenters. The second-order valence-electron chi connectivity index (χ2n) is 9.11. The van der Waals surface area contributed by atoms with Gasteiger partial charge < -0.3 is 4.43 Å². The zero-order chi connectivity index (χ0) is 21.1. The van der Waals surface area contributed by atoms with Crippen molar-refractivity contribution >= 4 is 35.8 Å². The number of fused-ring (bicyclic) bond motifs is 1. The summed E-state index contributed by atoms with van der Waals surface area (Å²) in [7, 11) is -5.65. The second-order valence-corrected chi connectivity index (χ2v) is 16.0. The molecule has 0 aromatic heterocycles. The largest absolute Gasteiger partial charge is 0.412 e. The SMILES string of the molecule is Cc1c(N2CC3C(O[Si](C)(C)C(C)(C)C)CCN3S2(=O)=O)ccc(C#N)c1Cl. The van der Waals surface area contributed by atoms with Crippen molar-refractivity contribution in [2.45, 2.75) is 64.4 Å². The van der Waals surface area contributed by atoms with E-state index in [0.717, 1.165) is 6.42 Å². The summed E-state index contributed by atoms with van der Waals surface area (Å²) in [5, 5.41) is 9.52. The van der Waals surface area contributed by atoms with Crippen LogP contribution in [0.5, 0.6) is 0 Å². The van der Waals surface area contributed by atoms with Crippen LogP contribution in [0.1, 0.15) is 38.3 Å². The van der Waals surface area contributed by atoms with Crippen LogP contribution in [0.4, 0.5) is 5.69 Å². The van der Waals surface area contributed by atoms with E-state index in [0.29, 0.717) is 34.9 Å². The highest BCUT2D eigenvalue weighted by Gasteiger charge is 2.53. The fourth-order valence-corrected chi connectivity index (χ4v) is 7.14. The van der Waals surface area contributed by atoms with Crippen molar-refractivity contribution in [2.24, 2.45) is 0 Å². The van der Waals surface area contributed by atoms with Gasteiger partial charge in [0.2, 0.25) is 0 Å². The van der Waals surface area contributed by atoms with Gasteiger partial charge in [0, 0.05) is 6.54 Å². The Bertz CT molecular complexity index is 937. The average Bonchev–Trinajstić information content (AvgIpc) is 3.08. The molecule has 0 radical (unpaired) electrons. The first-order chi connectivity index (χ1) is 12.8. The number of anilines is 1. The van der Waals surface area contributed by atoms with Gasteiger partial charge in [-0.05, 0) is 49.2 Å². The second kappa shape index (κ2) is 6.99. The monoisotopic (exact) mass is 441 g/mol. The number of hydrogen-bond donors (Lipinski definition) is 0. The molecule has 1 aromatic carbocycles. The minimum atomic E-state index is -3.64. The Morgan fingerprint density at radius 3 is 2.54 bits per heavy atom. The maximum absolute atomic E-state index is 13.2. The van der Waals surface area contributed by atoms with Crippen LogP contribution in [-0.2, 0) is 14.6 Å². The smallest absolute Gasteiger partial charge is 0.304 e. The molecule has 2 heterocycles. The van der Waals surface area contributed by atoms with Crippen LogP contribution < -0.4 is 4.31 Å². The molecule has 1 aromatic rings. The summed E-state index contributed by atoms with van der Waals surface area (Å²) in [5.41, 5.74) is 1.48. The van der Waals surface area contributed by atoms with Crippen molar-refractivity contribution in [1.29, 1.82) is 5.26 Å². The molecule has 0 amide bonds. The van der Waals surface area contributed by atoms with Crippen LogP contribution >= 0.6 is 11.6 Å². The Balaban J connectivity index is 1.92. The lowest BCUT2D eigenvalue weighted by Crippen LogP contribution is -2.47. The maximum atomic E-state index is 13.2. The Labute approximate surface area is 174 Å². The van der Waals surface area contributed by atoms with Crippen LogP contribution in [0.3, 0.4) is 0 Å². The number of benzene rings is 1. The highest BCUT2D eigenvalue weighted by molar-refractivity contribution is 7.90. The van der Waals surface area contributed by atoms with Gasteiger partial charge in [-0.15, -0.1) is 0 Å². The summed E-state index contributed by atoms with van der Waals surface area (Å²) in [6, 6.07) is 5.08. The molecule has 0 N–H and O–H groups in total. The normalized spacial score (nSPS) is 25.0. The van der Waals surface area contributed by atoms with E-state index in [2.05, 4.69) is 33.9 Å². The van der Waals surface area contributed by atoms with Crippen molar-refractivity contribution in [2.75, 3.05) is 17.4 Å². The first-order valence-electron chi connectivity index (χ1n) is 9.48. The minimum absolute atomic E-state index is 0.0643. The first-order valence-corrected chi connectivity index (χ1v) is 14.2. The molecule has 0 spiro atoms. The molecule has 2 atom stereocenters. The van der Waals surface area contributed by atoms with E-state index >= 15 is 0 Å². The topological polar surface area (TPSA) is 73.6 Å². The van der Waals surface area contributed by atoms with Gasteiger partial charge in [0.25, 0.3) is 0 Å². The molecule has 2 saturated heterocycles. The lowest BCUT2D eigenvalue weighted by Gasteiger charge is -2.39. The summed E-state index contributed by atoms with van der Waals surface area (Å²) < 4.78 is 36.0. The molecule has 0 aliphatic carbocycles. The summed E-state index contributed by atoms with van der Waals surface area (Å²) in [6.45, 7) is 13.5. The highest BCUT2D eigenvalue weighted by Crippen LogP contribution is 2.43. The number of halogens is 1. The lowest BCUT2D eigenvalue weighted by atomic mass is 10.1. The first kappa shape index (κ1) is 21.6. The Morgan fingerprint density at radius 1 is 1.32 bits per heavy atom. The van der Waals surface area contributed by atoms with E-state index in [1.807, 2.05) is 6.07 Å². The molecule has 3 rings (SSSR count). The van der Waals surface area contributed by atoms with Crippen molar-refractivity contribution in [3.63, 3.8) is 0 Å². The lowest BCUT2D eigenvalue weighted by molar-refractivity contribution is 0.158. The van der Waals surface area contributed by atoms with Crippen molar-refractivity contribution < 1.29 is 12.8 Å². The zero-order valence-electron chi connectivity index (χ0n) is 17.3. The number of rotatable bonds is 3. The molecule has 6 nitrogen and oxygen atoms in total. The van der Waals surface area contributed by atoms with Crippen LogP contribution in [-0.4, -0.2) is 46.3 Å². The van der Waals surface area contributed by atoms with Crippen LogP contribution in [0.2, 0.25) is 23.2 Å². The van der Waals surface area contributed by atoms with Crippen molar-refractivity contribution in [3.8, 4) is 6.07 Å². The van der Waals surface area contributed by atoms with Crippen molar-refractivity contribution in [1.82, 2.24) is 4.31 Å². The van der Waals surface area contributed by atoms with Gasteiger partial charge in [-0.1, -0.05) is 32.4 Å².